The smallest absolute Gasteiger partial charge is 0.204 e. The number of hydrogen-bond donors (Lipinski definition) is 0. The van der Waals surface area contributed by atoms with Gasteiger partial charge in [0.2, 0.25) is 5.65 Å². The first-order valence-corrected chi connectivity index (χ1v) is 9.84. The zero-order valence-electron chi connectivity index (χ0n) is 15.7. The van der Waals surface area contributed by atoms with Crippen LogP contribution in [0.25, 0.3) is 17.2 Å². The molecular weight excluding hydrogens is 388 g/mol. The van der Waals surface area contributed by atoms with Crippen LogP contribution < -0.4 is 4.90 Å². The molecule has 4 aromatic rings. The maximum atomic E-state index is 6.31. The first kappa shape index (κ1) is 18.0. The standard InChI is InChI=1S/C20H19ClN8/c21-16-4-2-1-3-15(16)14-27-9-11-28(12-10-27)19-20-26-25-18(29(20)8-7-24-19)17-13-22-5-6-23-17/h1-8,13H,9-12,14H2. The van der Waals surface area contributed by atoms with Gasteiger partial charge in [0, 0.05) is 62.5 Å². The third-order valence-electron chi connectivity index (χ3n) is 5.12. The average molecular weight is 407 g/mol. The van der Waals surface area contributed by atoms with Gasteiger partial charge in [-0.1, -0.05) is 29.8 Å². The highest BCUT2D eigenvalue weighted by molar-refractivity contribution is 6.31. The van der Waals surface area contributed by atoms with Crippen LogP contribution in [0.1, 0.15) is 5.56 Å². The Morgan fingerprint density at radius 1 is 0.931 bits per heavy atom. The molecule has 3 aromatic heterocycles. The van der Waals surface area contributed by atoms with E-state index >= 15 is 0 Å². The summed E-state index contributed by atoms with van der Waals surface area (Å²) in [6.07, 6.45) is 8.61. The number of benzene rings is 1. The van der Waals surface area contributed by atoms with E-state index in [2.05, 4.69) is 41.0 Å². The van der Waals surface area contributed by atoms with Crippen LogP contribution in [0.2, 0.25) is 5.02 Å². The lowest BCUT2D eigenvalue weighted by molar-refractivity contribution is 0.249. The maximum absolute atomic E-state index is 6.31. The van der Waals surface area contributed by atoms with Gasteiger partial charge >= 0.3 is 0 Å². The summed E-state index contributed by atoms with van der Waals surface area (Å²) in [7, 11) is 0. The zero-order chi connectivity index (χ0) is 19.6. The molecule has 9 heteroatoms. The Morgan fingerprint density at radius 2 is 1.79 bits per heavy atom. The van der Waals surface area contributed by atoms with Crippen LogP contribution in [0.5, 0.6) is 0 Å². The summed E-state index contributed by atoms with van der Waals surface area (Å²) in [6, 6.07) is 8.02. The predicted molar refractivity (Wildman–Crippen MR) is 111 cm³/mol. The van der Waals surface area contributed by atoms with Crippen LogP contribution >= 0.6 is 11.6 Å². The molecule has 0 N–H and O–H groups in total. The first-order valence-electron chi connectivity index (χ1n) is 9.46. The molecule has 8 nitrogen and oxygen atoms in total. The van der Waals surface area contributed by atoms with Gasteiger partial charge < -0.3 is 4.90 Å². The van der Waals surface area contributed by atoms with E-state index in [9.17, 15) is 0 Å². The van der Waals surface area contributed by atoms with Gasteiger partial charge in [-0.3, -0.25) is 14.3 Å². The van der Waals surface area contributed by atoms with E-state index in [0.29, 0.717) is 11.5 Å². The third-order valence-corrected chi connectivity index (χ3v) is 5.49. The normalized spacial score (nSPS) is 15.1. The summed E-state index contributed by atoms with van der Waals surface area (Å²) in [5, 5.41) is 9.52. The van der Waals surface area contributed by atoms with Crippen LogP contribution in [0.3, 0.4) is 0 Å². The fourth-order valence-corrected chi connectivity index (χ4v) is 3.81. The summed E-state index contributed by atoms with van der Waals surface area (Å²) in [5.74, 6) is 1.50. The van der Waals surface area contributed by atoms with Crippen molar-refractivity contribution in [3.8, 4) is 11.5 Å². The van der Waals surface area contributed by atoms with Crippen molar-refractivity contribution in [2.45, 2.75) is 6.54 Å². The van der Waals surface area contributed by atoms with E-state index in [0.717, 1.165) is 54.8 Å². The minimum atomic E-state index is 0.661. The third kappa shape index (κ3) is 3.52. The van der Waals surface area contributed by atoms with E-state index < -0.39 is 0 Å². The van der Waals surface area contributed by atoms with Gasteiger partial charge in [-0.15, -0.1) is 10.2 Å². The summed E-state index contributed by atoms with van der Waals surface area (Å²) >= 11 is 6.31. The van der Waals surface area contributed by atoms with Gasteiger partial charge in [-0.25, -0.2) is 9.97 Å². The molecule has 1 aliphatic heterocycles. The highest BCUT2D eigenvalue weighted by atomic mass is 35.5. The lowest BCUT2D eigenvalue weighted by Crippen LogP contribution is -2.46. The van der Waals surface area contributed by atoms with E-state index in [1.807, 2.05) is 28.8 Å². The van der Waals surface area contributed by atoms with Gasteiger partial charge in [0.15, 0.2) is 11.6 Å². The van der Waals surface area contributed by atoms with E-state index in [-0.39, 0.29) is 0 Å². The Bertz CT molecular complexity index is 1120. The van der Waals surface area contributed by atoms with Gasteiger partial charge in [0.25, 0.3) is 0 Å². The van der Waals surface area contributed by atoms with Crippen LogP contribution in [-0.4, -0.2) is 60.6 Å². The Labute approximate surface area is 172 Å². The summed E-state index contributed by atoms with van der Waals surface area (Å²) in [6.45, 7) is 4.44. The average Bonchev–Trinajstić information content (AvgIpc) is 3.21. The molecule has 1 aromatic carbocycles. The van der Waals surface area contributed by atoms with Crippen molar-refractivity contribution in [2.75, 3.05) is 31.1 Å². The molecule has 4 heterocycles. The summed E-state index contributed by atoms with van der Waals surface area (Å²) in [5.41, 5.74) is 2.57. The van der Waals surface area contributed by atoms with E-state index in [1.165, 1.54) is 0 Å². The van der Waals surface area contributed by atoms with Crippen molar-refractivity contribution in [1.82, 2.24) is 34.4 Å². The van der Waals surface area contributed by atoms with Gasteiger partial charge in [-0.05, 0) is 11.6 Å². The minimum absolute atomic E-state index is 0.661. The van der Waals surface area contributed by atoms with Crippen molar-refractivity contribution >= 4 is 23.1 Å². The second-order valence-electron chi connectivity index (χ2n) is 6.91. The Hall–Kier alpha value is -3.10. The minimum Gasteiger partial charge on any atom is -0.351 e. The molecule has 5 rings (SSSR count). The number of rotatable bonds is 4. The quantitative estimate of drug-likeness (QED) is 0.515. The molecule has 0 spiro atoms. The summed E-state index contributed by atoms with van der Waals surface area (Å²) in [4.78, 5) is 17.7. The number of halogens is 1. The molecule has 0 radical (unpaired) electrons. The van der Waals surface area contributed by atoms with Gasteiger partial charge in [-0.2, -0.15) is 0 Å². The molecule has 29 heavy (non-hydrogen) atoms. The largest absolute Gasteiger partial charge is 0.351 e. The number of piperazine rings is 1. The van der Waals surface area contributed by atoms with E-state index in [1.54, 1.807) is 24.8 Å². The molecule has 0 saturated carbocycles. The second kappa shape index (κ2) is 7.73. The molecule has 0 aliphatic carbocycles. The predicted octanol–water partition coefficient (Wildman–Crippen LogP) is 2.56. The van der Waals surface area contributed by atoms with Crippen molar-refractivity contribution < 1.29 is 0 Å². The van der Waals surface area contributed by atoms with Crippen LogP contribution in [0, 0.1) is 0 Å². The fourth-order valence-electron chi connectivity index (χ4n) is 3.61. The van der Waals surface area contributed by atoms with Crippen LogP contribution in [0.15, 0.2) is 55.2 Å². The molecular formula is C20H19ClN8. The van der Waals surface area contributed by atoms with Crippen molar-refractivity contribution in [1.29, 1.82) is 0 Å². The Balaban J connectivity index is 1.35. The fraction of sp³-hybridized carbons (Fsp3) is 0.250. The van der Waals surface area contributed by atoms with Crippen LogP contribution in [-0.2, 0) is 6.54 Å². The SMILES string of the molecule is Clc1ccccc1CN1CCN(c2nccn3c(-c4cnccn4)nnc23)CC1. The zero-order valence-corrected chi connectivity index (χ0v) is 16.4. The molecule has 0 atom stereocenters. The highest BCUT2D eigenvalue weighted by Crippen LogP contribution is 2.23. The van der Waals surface area contributed by atoms with Crippen molar-refractivity contribution in [3.63, 3.8) is 0 Å². The number of hydrogen-bond acceptors (Lipinski definition) is 7. The lowest BCUT2D eigenvalue weighted by Gasteiger charge is -2.35. The topological polar surface area (TPSA) is 75.3 Å². The van der Waals surface area contributed by atoms with E-state index in [4.69, 9.17) is 11.6 Å². The first-order chi connectivity index (χ1) is 14.3. The Morgan fingerprint density at radius 3 is 2.59 bits per heavy atom. The molecule has 0 amide bonds. The molecule has 1 fully saturated rings. The lowest BCUT2D eigenvalue weighted by atomic mass is 10.2. The van der Waals surface area contributed by atoms with Gasteiger partial charge in [0.05, 0.1) is 6.20 Å². The molecule has 1 saturated heterocycles. The van der Waals surface area contributed by atoms with Gasteiger partial charge in [0.1, 0.15) is 5.69 Å². The number of aromatic nitrogens is 6. The second-order valence-corrected chi connectivity index (χ2v) is 7.32. The number of fused-ring (bicyclic) bond motifs is 1. The molecule has 0 bridgehead atoms. The van der Waals surface area contributed by atoms with Crippen molar-refractivity contribution in [3.05, 3.63) is 65.8 Å². The van der Waals surface area contributed by atoms with Crippen LogP contribution in [0.4, 0.5) is 5.82 Å². The molecule has 146 valence electrons. The number of anilines is 1. The van der Waals surface area contributed by atoms with Crippen molar-refractivity contribution in [2.24, 2.45) is 0 Å². The highest BCUT2D eigenvalue weighted by Gasteiger charge is 2.22. The molecule has 0 unspecified atom stereocenters. The molecule has 1 aliphatic rings. The monoisotopic (exact) mass is 406 g/mol. The Kier molecular flexibility index (Phi) is 4.79. The summed E-state index contributed by atoms with van der Waals surface area (Å²) < 4.78 is 1.92. The maximum Gasteiger partial charge on any atom is 0.204 e. The number of nitrogens with zero attached hydrogens (tertiary/aromatic N) is 8.